The molecule has 0 spiro atoms. The number of hydrogen-bond donors (Lipinski definition) is 3. The van der Waals surface area contributed by atoms with E-state index < -0.39 is 23.5 Å². The molecule has 9 nitrogen and oxygen atoms in total. The third-order valence-electron chi connectivity index (χ3n) is 2.42. The van der Waals surface area contributed by atoms with Crippen LogP contribution in [0.15, 0.2) is 9.79 Å². The van der Waals surface area contributed by atoms with Gasteiger partial charge in [-0.1, -0.05) is 11.8 Å². The maximum absolute atomic E-state index is 11.7. The van der Waals surface area contributed by atoms with Gasteiger partial charge in [-0.3, -0.25) is 14.6 Å². The molecular formula is C11H12N4O5S. The molecule has 2 heterocycles. The highest BCUT2D eigenvalue weighted by Crippen LogP contribution is 2.15. The lowest BCUT2D eigenvalue weighted by Crippen LogP contribution is -2.34. The largest absolute Gasteiger partial charge is 0.461 e. The molecule has 0 aromatic carbocycles. The summed E-state index contributed by atoms with van der Waals surface area (Å²) in [5.74, 6) is -1.49. The molecule has 2 amide bonds. The number of esters is 1. The molecule has 0 saturated carbocycles. The molecule has 0 aliphatic carbocycles. The number of aromatic nitrogens is 2. The Hall–Kier alpha value is -2.36. The van der Waals surface area contributed by atoms with Crippen LogP contribution in [-0.2, 0) is 20.1 Å². The zero-order valence-electron chi connectivity index (χ0n) is 11.0. The Bertz CT molecular complexity index is 674. The summed E-state index contributed by atoms with van der Waals surface area (Å²) in [6.07, 6.45) is -0.279. The molecular weight excluding hydrogens is 300 g/mol. The monoisotopic (exact) mass is 312 g/mol. The molecule has 10 heteroatoms. The van der Waals surface area contributed by atoms with Gasteiger partial charge in [-0.2, -0.15) is 4.99 Å². The number of H-pyrrole nitrogens is 2. The normalized spacial score (nSPS) is 14.6. The van der Waals surface area contributed by atoms with Crippen molar-refractivity contribution in [1.29, 1.82) is 0 Å². The predicted octanol–water partition coefficient (Wildman–Crippen LogP) is -0.485. The van der Waals surface area contributed by atoms with E-state index in [1.165, 1.54) is 0 Å². The van der Waals surface area contributed by atoms with Gasteiger partial charge in [0.2, 0.25) is 5.91 Å². The van der Waals surface area contributed by atoms with Gasteiger partial charge in [0, 0.05) is 5.75 Å². The number of aromatic amines is 2. The van der Waals surface area contributed by atoms with E-state index in [2.05, 4.69) is 20.3 Å². The summed E-state index contributed by atoms with van der Waals surface area (Å²) in [7, 11) is 0. The maximum Gasteiger partial charge on any atom is 0.356 e. The van der Waals surface area contributed by atoms with Crippen LogP contribution in [0.5, 0.6) is 0 Å². The van der Waals surface area contributed by atoms with E-state index in [1.54, 1.807) is 6.92 Å². The smallest absolute Gasteiger partial charge is 0.356 e. The second kappa shape index (κ2) is 6.39. The van der Waals surface area contributed by atoms with Crippen molar-refractivity contribution in [2.45, 2.75) is 19.1 Å². The first-order valence-electron chi connectivity index (χ1n) is 6.02. The quantitative estimate of drug-likeness (QED) is 0.507. The minimum atomic E-state index is -0.655. The van der Waals surface area contributed by atoms with Gasteiger partial charge >= 0.3 is 11.7 Å². The number of imidazole rings is 1. The maximum atomic E-state index is 11.7. The second-order valence-corrected chi connectivity index (χ2v) is 4.94. The lowest BCUT2D eigenvalue weighted by Gasteiger charge is -2.11. The van der Waals surface area contributed by atoms with Gasteiger partial charge in [-0.05, 0) is 6.92 Å². The van der Waals surface area contributed by atoms with Crippen LogP contribution in [0.2, 0.25) is 0 Å². The molecule has 0 fully saturated rings. The number of hydrogen-bond acceptors (Lipinski definition) is 6. The molecule has 0 atom stereocenters. The van der Waals surface area contributed by atoms with E-state index in [-0.39, 0.29) is 29.6 Å². The number of amides is 2. The van der Waals surface area contributed by atoms with Crippen LogP contribution in [0.1, 0.15) is 29.5 Å². The number of aliphatic imine (C=N–C) groups is 1. The molecule has 3 N–H and O–H groups in total. The van der Waals surface area contributed by atoms with E-state index >= 15 is 0 Å². The highest BCUT2D eigenvalue weighted by Gasteiger charge is 2.21. The molecule has 0 radical (unpaired) electrons. The zero-order chi connectivity index (χ0) is 15.4. The Morgan fingerprint density at radius 2 is 2.10 bits per heavy atom. The Labute approximate surface area is 122 Å². The van der Waals surface area contributed by atoms with Crippen LogP contribution in [0.4, 0.5) is 0 Å². The standard InChI is InChI=1S/C11H12N4O5S/c1-2-20-9(18)8-5(12-10(19)15-8)4-21-11-13-6(16)3-7(17)14-11/h2-4H2,1H3,(H2,12,15,19)(H,13,14,16,17). The summed E-state index contributed by atoms with van der Waals surface area (Å²) >= 11 is 1.02. The Morgan fingerprint density at radius 1 is 1.33 bits per heavy atom. The molecule has 0 unspecified atom stereocenters. The van der Waals surface area contributed by atoms with Gasteiger partial charge in [-0.15, -0.1) is 0 Å². The summed E-state index contributed by atoms with van der Waals surface area (Å²) in [6, 6.07) is 0. The summed E-state index contributed by atoms with van der Waals surface area (Å²) in [5.41, 5.74) is -0.221. The van der Waals surface area contributed by atoms with Crippen LogP contribution < -0.4 is 11.0 Å². The number of ether oxygens (including phenoxy) is 1. The third kappa shape index (κ3) is 3.81. The fourth-order valence-corrected chi connectivity index (χ4v) is 2.45. The minimum absolute atomic E-state index is 0.0170. The fourth-order valence-electron chi connectivity index (χ4n) is 1.60. The van der Waals surface area contributed by atoms with E-state index in [0.29, 0.717) is 5.69 Å². The van der Waals surface area contributed by atoms with E-state index in [9.17, 15) is 19.2 Å². The summed E-state index contributed by atoms with van der Waals surface area (Å²) < 4.78 is 4.82. The van der Waals surface area contributed by atoms with Crippen molar-refractivity contribution in [3.63, 3.8) is 0 Å². The number of thioether (sulfide) groups is 1. The Morgan fingerprint density at radius 3 is 2.76 bits per heavy atom. The van der Waals surface area contributed by atoms with Crippen molar-refractivity contribution in [3.8, 4) is 0 Å². The summed E-state index contributed by atoms with van der Waals surface area (Å²) in [6.45, 7) is 1.82. The molecule has 0 saturated heterocycles. The number of amidine groups is 1. The molecule has 1 aliphatic heterocycles. The zero-order valence-corrected chi connectivity index (χ0v) is 11.8. The van der Waals surface area contributed by atoms with E-state index in [0.717, 1.165) is 11.8 Å². The number of nitrogens with zero attached hydrogens (tertiary/aromatic N) is 1. The highest BCUT2D eigenvalue weighted by atomic mass is 32.2. The van der Waals surface area contributed by atoms with Crippen molar-refractivity contribution < 1.29 is 19.1 Å². The molecule has 1 aromatic heterocycles. The van der Waals surface area contributed by atoms with Crippen molar-refractivity contribution in [2.75, 3.05) is 6.61 Å². The number of carbonyl (C=O) groups is 3. The van der Waals surface area contributed by atoms with Crippen molar-refractivity contribution in [3.05, 3.63) is 21.9 Å². The summed E-state index contributed by atoms with van der Waals surface area (Å²) in [5, 5.41) is 2.56. The molecule has 2 rings (SSSR count). The van der Waals surface area contributed by atoms with Crippen LogP contribution in [-0.4, -0.2) is 39.5 Å². The Kier molecular flexibility index (Phi) is 4.58. The molecule has 0 bridgehead atoms. The van der Waals surface area contributed by atoms with Gasteiger partial charge < -0.3 is 15.0 Å². The number of rotatable bonds is 4. The average Bonchev–Trinajstić information content (AvgIpc) is 2.77. The van der Waals surface area contributed by atoms with Crippen LogP contribution in [0, 0.1) is 0 Å². The molecule has 112 valence electrons. The van der Waals surface area contributed by atoms with Crippen LogP contribution in [0.3, 0.4) is 0 Å². The molecule has 1 aromatic rings. The van der Waals surface area contributed by atoms with Crippen LogP contribution in [0.25, 0.3) is 0 Å². The average molecular weight is 312 g/mol. The fraction of sp³-hybridized carbons (Fsp3) is 0.364. The van der Waals surface area contributed by atoms with Crippen molar-refractivity contribution >= 4 is 34.7 Å². The lowest BCUT2D eigenvalue weighted by atomic mass is 10.3. The first-order valence-corrected chi connectivity index (χ1v) is 7.00. The molecule has 21 heavy (non-hydrogen) atoms. The van der Waals surface area contributed by atoms with Gasteiger partial charge in [0.1, 0.15) is 12.1 Å². The topological polar surface area (TPSA) is 133 Å². The van der Waals surface area contributed by atoms with Gasteiger partial charge in [0.15, 0.2) is 5.17 Å². The van der Waals surface area contributed by atoms with Gasteiger partial charge in [0.25, 0.3) is 5.91 Å². The van der Waals surface area contributed by atoms with E-state index in [4.69, 9.17) is 4.74 Å². The minimum Gasteiger partial charge on any atom is -0.461 e. The first-order chi connectivity index (χ1) is 9.99. The summed E-state index contributed by atoms with van der Waals surface area (Å²) in [4.78, 5) is 53.8. The molecule has 1 aliphatic rings. The number of carbonyl (C=O) groups excluding carboxylic acids is 3. The predicted molar refractivity (Wildman–Crippen MR) is 73.9 cm³/mol. The third-order valence-corrected chi connectivity index (χ3v) is 3.32. The van der Waals surface area contributed by atoms with E-state index in [1.807, 2.05) is 0 Å². The SMILES string of the molecule is CCOC(=O)c1[nH]c(=O)[nH]c1CSC1=NC(=O)CC(=O)N1. The van der Waals surface area contributed by atoms with Gasteiger partial charge in [0.05, 0.1) is 12.3 Å². The van der Waals surface area contributed by atoms with Crippen LogP contribution >= 0.6 is 11.8 Å². The lowest BCUT2D eigenvalue weighted by molar-refractivity contribution is -0.127. The van der Waals surface area contributed by atoms with Gasteiger partial charge in [-0.25, -0.2) is 9.59 Å². The van der Waals surface area contributed by atoms with Crippen molar-refractivity contribution in [2.24, 2.45) is 4.99 Å². The Balaban J connectivity index is 2.10. The second-order valence-electron chi connectivity index (χ2n) is 3.98. The first kappa shape index (κ1) is 15.0. The highest BCUT2D eigenvalue weighted by molar-refractivity contribution is 8.13. The number of nitrogens with one attached hydrogen (secondary N) is 3. The van der Waals surface area contributed by atoms with Crippen molar-refractivity contribution in [1.82, 2.24) is 15.3 Å².